The first-order valence-corrected chi connectivity index (χ1v) is 16.7. The summed E-state index contributed by atoms with van der Waals surface area (Å²) in [7, 11) is 0. The van der Waals surface area contributed by atoms with Gasteiger partial charge in [-0.25, -0.2) is 0 Å². The number of ether oxygens (including phenoxy) is 2. The lowest BCUT2D eigenvalue weighted by Gasteiger charge is -2.17. The van der Waals surface area contributed by atoms with Crippen molar-refractivity contribution in [3.63, 3.8) is 0 Å². The van der Waals surface area contributed by atoms with Crippen molar-refractivity contribution in [2.75, 3.05) is 19.8 Å². The van der Waals surface area contributed by atoms with Crippen molar-refractivity contribution in [3.8, 4) is 37.0 Å². The van der Waals surface area contributed by atoms with Crippen LogP contribution in [0.25, 0.3) is 0 Å². The number of terminal acetylenes is 3. The molecule has 3 atom stereocenters. The predicted molar refractivity (Wildman–Crippen MR) is 210 cm³/mol. The average molecular weight is 772 g/mol. The normalized spacial score (nSPS) is 10.6. The molecule has 0 bridgehead atoms. The minimum atomic E-state index is -0.933. The van der Waals surface area contributed by atoms with Gasteiger partial charge in [0.25, 0.3) is 5.97 Å². The lowest BCUT2D eigenvalue weighted by molar-refractivity contribution is -0.143. The number of nitrogens with two attached hydrogens (primary N) is 1. The Morgan fingerprint density at radius 1 is 0.607 bits per heavy atom. The molecular formula is C42H49N3O11. The van der Waals surface area contributed by atoms with Gasteiger partial charge in [0.05, 0.1) is 31.3 Å². The molecule has 0 radical (unpaired) electrons. The van der Waals surface area contributed by atoms with Crippen LogP contribution in [-0.4, -0.2) is 70.8 Å². The number of amides is 2. The summed E-state index contributed by atoms with van der Waals surface area (Å²) in [6.07, 6.45) is 14.6. The molecule has 0 saturated heterocycles. The number of hydrogen-bond donors (Lipinski definition) is 6. The Morgan fingerprint density at radius 2 is 0.929 bits per heavy atom. The molecule has 298 valence electrons. The Kier molecular flexibility index (Phi) is 29.9. The number of carbonyl (C=O) groups is 6. The zero-order chi connectivity index (χ0) is 42.7. The van der Waals surface area contributed by atoms with Gasteiger partial charge in [-0.15, -0.1) is 19.3 Å². The van der Waals surface area contributed by atoms with E-state index in [-0.39, 0.29) is 62.9 Å². The highest BCUT2D eigenvalue weighted by Gasteiger charge is 2.18. The van der Waals surface area contributed by atoms with Crippen LogP contribution in [0.5, 0.6) is 0 Å². The third-order valence-corrected chi connectivity index (χ3v) is 6.25. The van der Waals surface area contributed by atoms with Crippen molar-refractivity contribution in [1.82, 2.24) is 10.6 Å². The maximum absolute atomic E-state index is 11.5. The molecule has 3 aromatic carbocycles. The van der Waals surface area contributed by atoms with Gasteiger partial charge in [-0.2, -0.15) is 0 Å². The zero-order valence-corrected chi connectivity index (χ0v) is 31.6. The van der Waals surface area contributed by atoms with E-state index in [1.165, 1.54) is 13.8 Å². The topological polar surface area (TPSA) is 232 Å². The number of benzene rings is 3. The molecule has 7 N–H and O–H groups in total. The molecule has 0 heterocycles. The molecule has 3 unspecified atom stereocenters. The first-order valence-electron chi connectivity index (χ1n) is 16.7. The summed E-state index contributed by atoms with van der Waals surface area (Å²) in [6.45, 7) is 3.65. The summed E-state index contributed by atoms with van der Waals surface area (Å²) in [5, 5.41) is 29.1. The fraction of sp³-hybridized carbons (Fsp3) is 0.286. The minimum absolute atomic E-state index is 0.000340. The highest BCUT2D eigenvalue weighted by Crippen LogP contribution is 2.18. The molecule has 3 aromatic rings. The second kappa shape index (κ2) is 32.7. The molecule has 0 fully saturated rings. The summed E-state index contributed by atoms with van der Waals surface area (Å²) in [4.78, 5) is 64.3. The van der Waals surface area contributed by atoms with Crippen molar-refractivity contribution in [1.29, 1.82) is 0 Å². The predicted octanol–water partition coefficient (Wildman–Crippen LogP) is 3.72. The Labute approximate surface area is 327 Å². The van der Waals surface area contributed by atoms with Gasteiger partial charge < -0.3 is 41.2 Å². The van der Waals surface area contributed by atoms with Crippen LogP contribution in [0.1, 0.15) is 74.8 Å². The highest BCUT2D eigenvalue weighted by molar-refractivity contribution is 5.76. The molecular weight excluding hydrogens is 722 g/mol. The summed E-state index contributed by atoms with van der Waals surface area (Å²) in [5.41, 5.74) is 8.38. The van der Waals surface area contributed by atoms with Crippen LogP contribution < -0.4 is 16.4 Å². The number of hydrogen-bond acceptors (Lipinski definition) is 10. The van der Waals surface area contributed by atoms with E-state index in [1.807, 2.05) is 84.8 Å². The Morgan fingerprint density at radius 3 is 1.23 bits per heavy atom. The van der Waals surface area contributed by atoms with E-state index in [9.17, 15) is 24.0 Å². The number of rotatable bonds is 13. The van der Waals surface area contributed by atoms with E-state index in [0.717, 1.165) is 23.6 Å². The highest BCUT2D eigenvalue weighted by atomic mass is 16.5. The summed E-state index contributed by atoms with van der Waals surface area (Å²) < 4.78 is 9.53. The van der Waals surface area contributed by atoms with E-state index >= 15 is 0 Å². The lowest BCUT2D eigenvalue weighted by atomic mass is 10.0. The number of aliphatic carboxylic acids is 2. The zero-order valence-electron chi connectivity index (χ0n) is 31.6. The monoisotopic (exact) mass is 771 g/mol. The van der Waals surface area contributed by atoms with Crippen LogP contribution in [0.4, 0.5) is 0 Å². The second-order valence-corrected chi connectivity index (χ2v) is 11.0. The van der Waals surface area contributed by atoms with Gasteiger partial charge in [0.1, 0.15) is 6.61 Å². The third kappa shape index (κ3) is 29.6. The van der Waals surface area contributed by atoms with Gasteiger partial charge in [-0.3, -0.25) is 28.8 Å². The van der Waals surface area contributed by atoms with E-state index in [2.05, 4.69) is 28.9 Å². The maximum atomic E-state index is 11.5. The molecule has 0 aliphatic heterocycles. The molecule has 0 saturated carbocycles. The maximum Gasteiger partial charge on any atom is 0.309 e. The van der Waals surface area contributed by atoms with Gasteiger partial charge in [-0.1, -0.05) is 109 Å². The average Bonchev–Trinajstić information content (AvgIpc) is 3.16. The van der Waals surface area contributed by atoms with Crippen LogP contribution in [0, 0.1) is 37.0 Å². The summed E-state index contributed by atoms with van der Waals surface area (Å²) in [5.74, 6) is 3.43. The van der Waals surface area contributed by atoms with Crippen molar-refractivity contribution >= 4 is 35.7 Å². The first-order chi connectivity index (χ1) is 26.6. The third-order valence-electron chi connectivity index (χ3n) is 6.25. The van der Waals surface area contributed by atoms with Crippen LogP contribution in [0.15, 0.2) is 91.0 Å². The fourth-order valence-corrected chi connectivity index (χ4v) is 4.07. The molecule has 0 aromatic heterocycles. The van der Waals surface area contributed by atoms with E-state index < -0.39 is 30.0 Å². The molecule has 3 rings (SSSR count). The molecule has 0 aliphatic rings. The molecule has 0 spiro atoms. The van der Waals surface area contributed by atoms with Gasteiger partial charge in [0.2, 0.25) is 11.8 Å². The molecule has 2 amide bonds. The number of carboxylic acids is 2. The molecule has 14 nitrogen and oxygen atoms in total. The number of aliphatic hydroxyl groups is 1. The smallest absolute Gasteiger partial charge is 0.309 e. The number of esters is 2. The Bertz CT molecular complexity index is 1710. The number of carbonyl (C=O) groups excluding carboxylic acids is 4. The van der Waals surface area contributed by atoms with Gasteiger partial charge in [0.15, 0.2) is 13.2 Å². The second-order valence-electron chi connectivity index (χ2n) is 11.0. The van der Waals surface area contributed by atoms with Gasteiger partial charge >= 0.3 is 17.9 Å². The van der Waals surface area contributed by atoms with E-state index in [1.54, 1.807) is 12.1 Å². The van der Waals surface area contributed by atoms with Crippen molar-refractivity contribution in [3.05, 3.63) is 108 Å². The fourth-order valence-electron chi connectivity index (χ4n) is 4.07. The quantitative estimate of drug-likeness (QED) is 0.108. The van der Waals surface area contributed by atoms with E-state index in [0.29, 0.717) is 0 Å². The molecule has 14 heteroatoms. The summed E-state index contributed by atoms with van der Waals surface area (Å²) >= 11 is 0. The summed E-state index contributed by atoms with van der Waals surface area (Å²) in [6, 6.07) is 26.5. The molecule has 0 aliphatic carbocycles. The van der Waals surface area contributed by atoms with Crippen LogP contribution in [-0.2, 0) is 38.2 Å². The number of nitrogens with one attached hydrogen (secondary N) is 2. The SMILES string of the molecule is C#CCO.C#CCOC(=O)CC(N)c1ccccc1.C#CCOC(=O)CC(NC(C)=O)c1ccccc1.CC(=O)NC(CC(=O)O)c1ccccc1.CC(=O)O. The van der Waals surface area contributed by atoms with Gasteiger partial charge in [-0.05, 0) is 16.7 Å². The first kappa shape index (κ1) is 51.2. The number of carboxylic acid groups (broad SMARTS) is 2. The largest absolute Gasteiger partial charge is 0.481 e. The number of aliphatic hydroxyl groups excluding tert-OH is 1. The van der Waals surface area contributed by atoms with E-state index in [4.69, 9.17) is 48.2 Å². The molecule has 56 heavy (non-hydrogen) atoms. The lowest BCUT2D eigenvalue weighted by Crippen LogP contribution is -2.28. The van der Waals surface area contributed by atoms with Crippen molar-refractivity contribution in [2.45, 2.75) is 58.2 Å². The Balaban J connectivity index is 0. The van der Waals surface area contributed by atoms with Crippen LogP contribution in [0.2, 0.25) is 0 Å². The van der Waals surface area contributed by atoms with Crippen LogP contribution >= 0.6 is 0 Å². The van der Waals surface area contributed by atoms with Crippen molar-refractivity contribution < 1.29 is 53.6 Å². The minimum Gasteiger partial charge on any atom is -0.481 e. The van der Waals surface area contributed by atoms with Crippen LogP contribution in [0.3, 0.4) is 0 Å². The van der Waals surface area contributed by atoms with Crippen molar-refractivity contribution in [2.24, 2.45) is 5.73 Å². The Hall–Kier alpha value is -6.92. The van der Waals surface area contributed by atoms with Gasteiger partial charge in [0, 0.05) is 26.8 Å². The standard InChI is InChI=1S/C14H15NO3.C12H13NO2.C11H13NO3.C3H4O.C2H4O2/c1-3-9-18-14(17)10-13(15-11(2)16)12-7-5-4-6-8-12;1-2-8-15-12(14)9-11(13)10-6-4-3-5-7-10;1-8(13)12-10(7-11(14)15)9-5-3-2-4-6-9;1-2-3-4;1-2(3)4/h1,4-8,13H,9-10H2,2H3,(H,15,16);1,3-7,11H,8-9,13H2;2-6,10H,7H2,1H3,(H,12,13)(H,14,15);1,4H,3H2;1H3,(H,3,4).